The summed E-state index contributed by atoms with van der Waals surface area (Å²) in [5.74, 6) is 0.832. The molecule has 2 unspecified atom stereocenters. The van der Waals surface area contributed by atoms with E-state index in [4.69, 9.17) is 0 Å². The molecule has 0 N–H and O–H groups in total. The Morgan fingerprint density at radius 1 is 0.938 bits per heavy atom. The zero-order valence-electron chi connectivity index (χ0n) is 11.7. The number of hydrogen-bond acceptors (Lipinski definition) is 0. The van der Waals surface area contributed by atoms with Gasteiger partial charge in [0.15, 0.2) is 0 Å². The van der Waals surface area contributed by atoms with Gasteiger partial charge in [-0.25, -0.2) is 0 Å². The normalized spacial score (nSPS) is 13.3. The highest BCUT2D eigenvalue weighted by Gasteiger charge is 2.19. The topological polar surface area (TPSA) is 0 Å². The molecule has 100 valence electrons. The fraction of sp³-hybridized carbons (Fsp3) is 1.00. The van der Waals surface area contributed by atoms with Crippen LogP contribution in [-0.4, -0.2) is 5.16 Å². The summed E-state index contributed by atoms with van der Waals surface area (Å²) in [5, 5.41) is 0.419. The Morgan fingerprint density at radius 2 is 1.38 bits per heavy atom. The van der Waals surface area contributed by atoms with Crippen LogP contribution in [0.25, 0.3) is 0 Å². The second-order valence-corrected chi connectivity index (χ2v) is 7.12. The van der Waals surface area contributed by atoms with E-state index in [0.717, 1.165) is 5.92 Å². The molecule has 0 rings (SSSR count). The van der Waals surface area contributed by atoms with E-state index in [9.17, 15) is 0 Å². The van der Waals surface area contributed by atoms with Gasteiger partial charge >= 0.3 is 0 Å². The molecule has 0 amide bonds. The van der Waals surface area contributed by atoms with Crippen LogP contribution in [0.4, 0.5) is 0 Å². The van der Waals surface area contributed by atoms with Gasteiger partial charge in [0, 0.05) is 0 Å². The molecule has 16 heavy (non-hydrogen) atoms. The first kappa shape index (κ1) is 19.3. The Balaban J connectivity index is 0. The van der Waals surface area contributed by atoms with E-state index >= 15 is 0 Å². The van der Waals surface area contributed by atoms with Crippen LogP contribution in [-0.2, 0) is 0 Å². The highest BCUT2D eigenvalue weighted by molar-refractivity contribution is 8.93. The van der Waals surface area contributed by atoms with Crippen molar-refractivity contribution in [2.24, 2.45) is 5.92 Å². The van der Waals surface area contributed by atoms with Gasteiger partial charge < -0.3 is 0 Å². The molecule has 0 radical (unpaired) electrons. The summed E-state index contributed by atoms with van der Waals surface area (Å²) in [7, 11) is 2.98. The summed E-state index contributed by atoms with van der Waals surface area (Å²) in [6, 6.07) is 0. The second-order valence-electron chi connectivity index (χ2n) is 5.63. The van der Waals surface area contributed by atoms with Crippen LogP contribution in [0.1, 0.15) is 79.1 Å². The molecule has 0 aromatic heterocycles. The molecular weight excluding hydrogens is 279 g/mol. The maximum Gasteiger partial charge on any atom is -0.0181 e. The van der Waals surface area contributed by atoms with Gasteiger partial charge in [-0.15, -0.1) is 26.2 Å². The van der Waals surface area contributed by atoms with Crippen molar-refractivity contribution in [2.75, 3.05) is 0 Å². The van der Waals surface area contributed by atoms with Gasteiger partial charge in [-0.2, -0.15) is 0 Å². The summed E-state index contributed by atoms with van der Waals surface area (Å²) >= 11 is 0. The number of unbranched alkanes of at least 4 members (excludes halogenated alkanes) is 6. The fourth-order valence-corrected chi connectivity index (χ4v) is 1.95. The van der Waals surface area contributed by atoms with Crippen molar-refractivity contribution in [3.05, 3.63) is 0 Å². The maximum atomic E-state index is 2.98. The van der Waals surface area contributed by atoms with Crippen molar-refractivity contribution in [1.82, 2.24) is 0 Å². The third kappa shape index (κ3) is 11.4. The quantitative estimate of drug-likeness (QED) is 0.362. The fourth-order valence-electron chi connectivity index (χ4n) is 1.78. The Kier molecular flexibility index (Phi) is 13.3. The van der Waals surface area contributed by atoms with Crippen LogP contribution < -0.4 is 0 Å². The van der Waals surface area contributed by atoms with E-state index in [0.29, 0.717) is 5.16 Å². The second kappa shape index (κ2) is 11.0. The van der Waals surface area contributed by atoms with Gasteiger partial charge in [0.25, 0.3) is 0 Å². The van der Waals surface area contributed by atoms with E-state index in [2.05, 4.69) is 36.9 Å². The summed E-state index contributed by atoms with van der Waals surface area (Å²) in [6.45, 7) is 9.31. The molecule has 0 aromatic rings. The molecule has 0 aromatic carbocycles. The van der Waals surface area contributed by atoms with Gasteiger partial charge in [0.2, 0.25) is 0 Å². The minimum Gasteiger partial charge on any atom is -0.131 e. The standard InChI is InChI=1S/C14H31P.BrH/c1-5-6-7-8-9-10-11-12-13(2)14(3,4)15;/h13H,5-12,15H2,1-4H3;1H. The van der Waals surface area contributed by atoms with Crippen LogP contribution in [0.5, 0.6) is 0 Å². The van der Waals surface area contributed by atoms with E-state index in [1.807, 2.05) is 0 Å². The van der Waals surface area contributed by atoms with Crippen molar-refractivity contribution in [3.63, 3.8) is 0 Å². The predicted octanol–water partition coefficient (Wildman–Crippen LogP) is 5.99. The lowest BCUT2D eigenvalue weighted by Gasteiger charge is -2.26. The van der Waals surface area contributed by atoms with Gasteiger partial charge in [-0.1, -0.05) is 72.6 Å². The molecule has 0 bridgehead atoms. The smallest absolute Gasteiger partial charge is 0.0181 e. The van der Waals surface area contributed by atoms with Crippen LogP contribution >= 0.6 is 26.2 Å². The van der Waals surface area contributed by atoms with Crippen LogP contribution in [0.15, 0.2) is 0 Å². The molecule has 0 nitrogen and oxygen atoms in total. The molecule has 0 aliphatic rings. The molecule has 0 heterocycles. The number of halogens is 1. The third-order valence-corrected chi connectivity index (χ3v) is 4.08. The van der Waals surface area contributed by atoms with Crippen LogP contribution in [0.2, 0.25) is 0 Å². The van der Waals surface area contributed by atoms with Crippen LogP contribution in [0.3, 0.4) is 0 Å². The van der Waals surface area contributed by atoms with Gasteiger partial charge in [-0.3, -0.25) is 0 Å². The molecule has 0 saturated heterocycles. The van der Waals surface area contributed by atoms with Crippen molar-refractivity contribution >= 4 is 26.2 Å². The highest BCUT2D eigenvalue weighted by atomic mass is 79.9. The monoisotopic (exact) mass is 310 g/mol. The van der Waals surface area contributed by atoms with Crippen molar-refractivity contribution in [3.8, 4) is 0 Å². The highest BCUT2D eigenvalue weighted by Crippen LogP contribution is 2.30. The van der Waals surface area contributed by atoms with E-state index < -0.39 is 0 Å². The molecular formula is C14H32BrP. The largest absolute Gasteiger partial charge is 0.131 e. The average molecular weight is 311 g/mol. The van der Waals surface area contributed by atoms with Crippen LogP contribution in [0, 0.1) is 5.92 Å². The van der Waals surface area contributed by atoms with Crippen molar-refractivity contribution in [1.29, 1.82) is 0 Å². The van der Waals surface area contributed by atoms with Gasteiger partial charge in [-0.05, 0) is 17.5 Å². The molecule has 0 saturated carbocycles. The van der Waals surface area contributed by atoms with E-state index in [1.54, 1.807) is 0 Å². The Hall–Kier alpha value is 0.910. The molecule has 0 aliphatic heterocycles. The predicted molar refractivity (Wildman–Crippen MR) is 85.9 cm³/mol. The zero-order chi connectivity index (χ0) is 11.7. The molecule has 2 heteroatoms. The van der Waals surface area contributed by atoms with E-state index in [-0.39, 0.29) is 17.0 Å². The third-order valence-electron chi connectivity index (χ3n) is 3.51. The lowest BCUT2D eigenvalue weighted by Crippen LogP contribution is -2.20. The lowest BCUT2D eigenvalue weighted by molar-refractivity contribution is 0.406. The minimum absolute atomic E-state index is 0. The lowest BCUT2D eigenvalue weighted by atomic mass is 9.91. The Bertz CT molecular complexity index is 140. The Morgan fingerprint density at radius 3 is 1.81 bits per heavy atom. The summed E-state index contributed by atoms with van der Waals surface area (Å²) in [6.07, 6.45) is 11.4. The first-order valence-corrected chi connectivity index (χ1v) is 7.35. The summed E-state index contributed by atoms with van der Waals surface area (Å²) in [4.78, 5) is 0. The molecule has 0 spiro atoms. The molecule has 2 atom stereocenters. The van der Waals surface area contributed by atoms with Gasteiger partial charge in [0.05, 0.1) is 0 Å². The van der Waals surface area contributed by atoms with Crippen molar-refractivity contribution in [2.45, 2.75) is 84.2 Å². The SMILES string of the molecule is Br.CCCCCCCCCC(C)C(C)(C)P. The van der Waals surface area contributed by atoms with Gasteiger partial charge in [0.1, 0.15) is 0 Å². The maximum absolute atomic E-state index is 2.98. The number of rotatable bonds is 9. The molecule has 0 fully saturated rings. The first-order chi connectivity index (χ1) is 6.98. The summed E-state index contributed by atoms with van der Waals surface area (Å²) < 4.78 is 0. The number of hydrogen-bond donors (Lipinski definition) is 0. The van der Waals surface area contributed by atoms with E-state index in [1.165, 1.54) is 51.4 Å². The summed E-state index contributed by atoms with van der Waals surface area (Å²) in [5.41, 5.74) is 0. The zero-order valence-corrected chi connectivity index (χ0v) is 14.6. The first-order valence-electron chi connectivity index (χ1n) is 6.77. The average Bonchev–Trinajstić information content (AvgIpc) is 2.14. The molecule has 0 aliphatic carbocycles. The van der Waals surface area contributed by atoms with Crippen molar-refractivity contribution < 1.29 is 0 Å². The minimum atomic E-state index is 0. The Labute approximate surface area is 116 Å².